The highest BCUT2D eigenvalue weighted by molar-refractivity contribution is 5.93. The molecule has 0 bridgehead atoms. The summed E-state index contributed by atoms with van der Waals surface area (Å²) in [6, 6.07) is 0. The highest BCUT2D eigenvalue weighted by atomic mass is 16.5. The second-order valence-electron chi connectivity index (χ2n) is 10.3. The Morgan fingerprint density at radius 1 is 1.00 bits per heavy atom. The fourth-order valence-corrected chi connectivity index (χ4v) is 5.73. The first-order valence-corrected chi connectivity index (χ1v) is 12.7. The highest BCUT2D eigenvalue weighted by Gasteiger charge is 2.47. The van der Waals surface area contributed by atoms with Gasteiger partial charge in [-0.15, -0.1) is 0 Å². The Kier molecular flexibility index (Phi) is 10.8. The van der Waals surface area contributed by atoms with Crippen molar-refractivity contribution in [1.82, 2.24) is 0 Å². The predicted molar refractivity (Wildman–Crippen MR) is 141 cm³/mol. The molecule has 6 atom stereocenters. The smallest absolute Gasteiger partial charge is 0.330 e. The summed E-state index contributed by atoms with van der Waals surface area (Å²) in [4.78, 5) is 47.3. The van der Waals surface area contributed by atoms with Crippen molar-refractivity contribution in [3.05, 3.63) is 58.7 Å². The summed E-state index contributed by atoms with van der Waals surface area (Å²) in [5.74, 6) is -1.01. The molecule has 0 unspecified atom stereocenters. The molecule has 0 aromatic carbocycles. The van der Waals surface area contributed by atoms with E-state index in [0.717, 1.165) is 28.7 Å². The average Bonchev–Trinajstić information content (AvgIpc) is 2.80. The van der Waals surface area contributed by atoms with E-state index in [0.29, 0.717) is 0 Å². The van der Waals surface area contributed by atoms with Crippen LogP contribution in [0.2, 0.25) is 0 Å². The summed E-state index contributed by atoms with van der Waals surface area (Å²) in [6.07, 6.45) is 11.6. The lowest BCUT2D eigenvalue weighted by Gasteiger charge is -2.49. The van der Waals surface area contributed by atoms with Gasteiger partial charge in [-0.1, -0.05) is 54.9 Å². The first-order chi connectivity index (χ1) is 17.3. The highest BCUT2D eigenvalue weighted by Crippen LogP contribution is 2.51. The van der Waals surface area contributed by atoms with Crippen molar-refractivity contribution in [3.63, 3.8) is 0 Å². The third kappa shape index (κ3) is 8.41. The second kappa shape index (κ2) is 13.4. The monoisotopic (exact) mass is 512 g/mol. The molecule has 7 heteroatoms. The van der Waals surface area contributed by atoms with Crippen molar-refractivity contribution >= 4 is 23.7 Å². The van der Waals surface area contributed by atoms with Gasteiger partial charge in [0.1, 0.15) is 6.10 Å². The third-order valence-electron chi connectivity index (χ3n) is 7.14. The van der Waals surface area contributed by atoms with E-state index in [-0.39, 0.29) is 54.1 Å². The van der Waals surface area contributed by atoms with Crippen LogP contribution in [-0.2, 0) is 33.4 Å². The zero-order chi connectivity index (χ0) is 27.9. The second-order valence-corrected chi connectivity index (χ2v) is 10.3. The molecule has 0 aromatic rings. The van der Waals surface area contributed by atoms with Crippen LogP contribution in [0.4, 0.5) is 0 Å². The van der Waals surface area contributed by atoms with E-state index in [9.17, 15) is 19.2 Å². The molecule has 2 rings (SSSR count). The first kappa shape index (κ1) is 30.0. The SMILES string of the molecule is COC(=O)/C=C/C(C)=C/C(C)=C/[C@@H]1/C(=C\C(=O)COC(C)=O)C(C)=C[C@H]2C[C@H](C)[C@@H](OC(C)=O)[C@H](C)[C@@H]12. The Bertz CT molecular complexity index is 1060. The molecule has 0 saturated heterocycles. The zero-order valence-corrected chi connectivity index (χ0v) is 23.2. The van der Waals surface area contributed by atoms with E-state index in [1.165, 1.54) is 27.0 Å². The van der Waals surface area contributed by atoms with Gasteiger partial charge < -0.3 is 14.2 Å². The van der Waals surface area contributed by atoms with Crippen LogP contribution in [-0.4, -0.2) is 43.5 Å². The first-order valence-electron chi connectivity index (χ1n) is 12.7. The Hall–Kier alpha value is -3.22. The van der Waals surface area contributed by atoms with Crippen molar-refractivity contribution in [1.29, 1.82) is 0 Å². The number of esters is 3. The van der Waals surface area contributed by atoms with Crippen molar-refractivity contribution in [3.8, 4) is 0 Å². The third-order valence-corrected chi connectivity index (χ3v) is 7.14. The minimum atomic E-state index is -0.505. The maximum Gasteiger partial charge on any atom is 0.330 e. The number of ketones is 1. The molecule has 0 heterocycles. The van der Waals surface area contributed by atoms with Gasteiger partial charge in [0, 0.05) is 25.8 Å². The molecule has 0 aliphatic heterocycles. The molecule has 202 valence electrons. The van der Waals surface area contributed by atoms with E-state index in [1.807, 2.05) is 26.8 Å². The molecule has 2 aliphatic carbocycles. The summed E-state index contributed by atoms with van der Waals surface area (Å²) >= 11 is 0. The van der Waals surface area contributed by atoms with Crippen LogP contribution in [0, 0.1) is 29.6 Å². The summed E-state index contributed by atoms with van der Waals surface area (Å²) in [5, 5.41) is 0. The topological polar surface area (TPSA) is 96.0 Å². The van der Waals surface area contributed by atoms with Gasteiger partial charge >= 0.3 is 17.9 Å². The van der Waals surface area contributed by atoms with Crippen LogP contribution in [0.3, 0.4) is 0 Å². The Morgan fingerprint density at radius 2 is 1.68 bits per heavy atom. The van der Waals surface area contributed by atoms with Crippen LogP contribution in [0.25, 0.3) is 0 Å². The normalized spacial score (nSPS) is 29.4. The number of hydrogen-bond acceptors (Lipinski definition) is 7. The molecule has 0 amide bonds. The molecular weight excluding hydrogens is 472 g/mol. The summed E-state index contributed by atoms with van der Waals surface area (Å²) in [5.41, 5.74) is 3.73. The van der Waals surface area contributed by atoms with Crippen LogP contribution in [0.5, 0.6) is 0 Å². The molecule has 0 radical (unpaired) electrons. The lowest BCUT2D eigenvalue weighted by molar-refractivity contribution is -0.158. The summed E-state index contributed by atoms with van der Waals surface area (Å²) in [6.45, 7) is 12.5. The minimum absolute atomic E-state index is 0.0484. The summed E-state index contributed by atoms with van der Waals surface area (Å²) < 4.78 is 15.4. The van der Waals surface area contributed by atoms with Gasteiger partial charge in [-0.3, -0.25) is 14.4 Å². The van der Waals surface area contributed by atoms with Gasteiger partial charge in [0.25, 0.3) is 0 Å². The summed E-state index contributed by atoms with van der Waals surface area (Å²) in [7, 11) is 1.33. The molecule has 1 fully saturated rings. The molecule has 0 spiro atoms. The standard InChI is InChI=1S/C30H40O7/c1-17(9-10-28(34)35-8)11-18(2)12-27-26(15-25(33)16-36-22(6)31)19(3)13-24-14-20(4)30(37-23(7)32)21(5)29(24)27/h9-13,15,20-21,24,27,29-30H,14,16H2,1-8H3/b10-9+,17-11+,18-12+,26-15-/t20-,21+,24-,27+,29+,30+/m0/s1. The van der Waals surface area contributed by atoms with Crippen molar-refractivity contribution < 1.29 is 33.4 Å². The van der Waals surface area contributed by atoms with Gasteiger partial charge in [-0.05, 0) is 62.5 Å². The average molecular weight is 513 g/mol. The van der Waals surface area contributed by atoms with Gasteiger partial charge in [0.05, 0.1) is 7.11 Å². The number of rotatable bonds is 8. The Labute approximate surface area is 220 Å². The van der Waals surface area contributed by atoms with E-state index < -0.39 is 11.9 Å². The maximum absolute atomic E-state index is 12.7. The van der Waals surface area contributed by atoms with Gasteiger partial charge in [0.2, 0.25) is 0 Å². The molecule has 1 saturated carbocycles. The lowest BCUT2D eigenvalue weighted by Crippen LogP contribution is -2.47. The number of carbonyl (C=O) groups excluding carboxylic acids is 4. The van der Waals surface area contributed by atoms with Crippen LogP contribution >= 0.6 is 0 Å². The molecule has 0 aromatic heterocycles. The number of ether oxygens (including phenoxy) is 3. The number of fused-ring (bicyclic) bond motifs is 1. The van der Waals surface area contributed by atoms with Crippen molar-refractivity contribution in [2.24, 2.45) is 29.6 Å². The molecule has 2 aliphatic rings. The molecule has 37 heavy (non-hydrogen) atoms. The van der Waals surface area contributed by atoms with Gasteiger partial charge in [-0.25, -0.2) is 4.79 Å². The molecule has 0 N–H and O–H groups in total. The lowest BCUT2D eigenvalue weighted by atomic mass is 9.57. The van der Waals surface area contributed by atoms with E-state index in [2.05, 4.69) is 30.7 Å². The van der Waals surface area contributed by atoms with E-state index in [4.69, 9.17) is 9.47 Å². The Balaban J connectivity index is 2.55. The van der Waals surface area contributed by atoms with Crippen LogP contribution in [0.1, 0.15) is 54.9 Å². The maximum atomic E-state index is 12.7. The quantitative estimate of drug-likeness (QED) is 0.194. The fraction of sp³-hybridized carbons (Fsp3) is 0.533. The van der Waals surface area contributed by atoms with E-state index in [1.54, 1.807) is 12.2 Å². The van der Waals surface area contributed by atoms with Crippen molar-refractivity contribution in [2.75, 3.05) is 13.7 Å². The number of methoxy groups -OCH3 is 1. The van der Waals surface area contributed by atoms with Crippen LogP contribution in [0.15, 0.2) is 58.7 Å². The number of allylic oxidation sites excluding steroid dienone is 8. The molecular formula is C30H40O7. The fourth-order valence-electron chi connectivity index (χ4n) is 5.73. The van der Waals surface area contributed by atoms with Crippen molar-refractivity contribution in [2.45, 2.75) is 61.0 Å². The minimum Gasteiger partial charge on any atom is -0.466 e. The number of hydrogen-bond donors (Lipinski definition) is 0. The van der Waals surface area contributed by atoms with Gasteiger partial charge in [-0.2, -0.15) is 0 Å². The zero-order valence-electron chi connectivity index (χ0n) is 23.2. The van der Waals surface area contributed by atoms with Gasteiger partial charge in [0.15, 0.2) is 12.4 Å². The largest absolute Gasteiger partial charge is 0.466 e. The predicted octanol–water partition coefficient (Wildman–Crippen LogP) is 5.08. The number of carbonyl (C=O) groups is 4. The van der Waals surface area contributed by atoms with E-state index >= 15 is 0 Å². The van der Waals surface area contributed by atoms with Crippen LogP contribution < -0.4 is 0 Å². The Morgan fingerprint density at radius 3 is 2.27 bits per heavy atom. The molecule has 7 nitrogen and oxygen atoms in total.